The van der Waals surface area contributed by atoms with Gasteiger partial charge in [0.15, 0.2) is 0 Å². The van der Waals surface area contributed by atoms with Gasteiger partial charge < -0.3 is 29.9 Å². The number of fused-ring (bicyclic) bond motifs is 1. The maximum atomic E-state index is 13.4. The predicted molar refractivity (Wildman–Crippen MR) is 143 cm³/mol. The van der Waals surface area contributed by atoms with E-state index in [0.717, 1.165) is 48.4 Å². The van der Waals surface area contributed by atoms with Crippen molar-refractivity contribution < 1.29 is 19.4 Å². The highest BCUT2D eigenvalue weighted by molar-refractivity contribution is 5.98. The van der Waals surface area contributed by atoms with Crippen molar-refractivity contribution in [1.29, 1.82) is 0 Å². The molecule has 1 aromatic carbocycles. The molecule has 0 saturated carbocycles. The summed E-state index contributed by atoms with van der Waals surface area (Å²) in [6, 6.07) is 10.4. The lowest BCUT2D eigenvalue weighted by atomic mass is 10.0. The molecule has 0 spiro atoms. The van der Waals surface area contributed by atoms with Gasteiger partial charge >= 0.3 is 0 Å². The summed E-state index contributed by atoms with van der Waals surface area (Å²) in [6.07, 6.45) is 5.46. The lowest BCUT2D eigenvalue weighted by molar-refractivity contribution is -0.126. The van der Waals surface area contributed by atoms with Gasteiger partial charge in [0.05, 0.1) is 18.3 Å². The smallest absolute Gasteiger partial charge is 0.271 e. The average molecular weight is 519 g/mol. The second kappa shape index (κ2) is 11.3. The fourth-order valence-corrected chi connectivity index (χ4v) is 5.02. The molecule has 2 aromatic heterocycles. The molecular weight excluding hydrogens is 484 g/mol. The number of carbonyl (C=O) groups is 2. The van der Waals surface area contributed by atoms with E-state index in [1.54, 1.807) is 18.0 Å². The molecule has 0 bridgehead atoms. The maximum Gasteiger partial charge on any atom is 0.271 e. The number of rotatable bonds is 8. The molecule has 1 saturated heterocycles. The first kappa shape index (κ1) is 25.9. The first-order valence-corrected chi connectivity index (χ1v) is 13.1. The van der Waals surface area contributed by atoms with Crippen LogP contribution in [-0.4, -0.2) is 74.8 Å². The summed E-state index contributed by atoms with van der Waals surface area (Å²) < 4.78 is 7.33. The van der Waals surface area contributed by atoms with Crippen LogP contribution in [0.2, 0.25) is 0 Å². The van der Waals surface area contributed by atoms with Crippen LogP contribution in [0.3, 0.4) is 0 Å². The summed E-state index contributed by atoms with van der Waals surface area (Å²) in [5.41, 5.74) is 3.93. The molecule has 10 nitrogen and oxygen atoms in total. The molecule has 0 unspecified atom stereocenters. The molecule has 3 N–H and O–H groups in total. The van der Waals surface area contributed by atoms with Crippen LogP contribution in [0.25, 0.3) is 11.3 Å². The minimum absolute atomic E-state index is 0.212. The third-order valence-corrected chi connectivity index (χ3v) is 7.25. The van der Waals surface area contributed by atoms with Crippen molar-refractivity contribution in [3.63, 3.8) is 0 Å². The molecule has 38 heavy (non-hydrogen) atoms. The zero-order valence-corrected chi connectivity index (χ0v) is 21.8. The highest BCUT2D eigenvalue weighted by atomic mass is 16.5. The zero-order chi connectivity index (χ0) is 26.6. The SMILES string of the molecule is Cc1cccc([C@@H](CO)NC(=O)[C@H](C)N2CCn3cc(-c4ccnc(NC5CCOCC5)n4)cc3C2=O)c1. The number of amides is 2. The van der Waals surface area contributed by atoms with Crippen molar-refractivity contribution in [1.82, 2.24) is 24.8 Å². The normalized spacial score (nSPS) is 17.6. The van der Waals surface area contributed by atoms with E-state index >= 15 is 0 Å². The Hall–Kier alpha value is -3.76. The monoisotopic (exact) mass is 518 g/mol. The number of aliphatic hydroxyl groups is 1. The summed E-state index contributed by atoms with van der Waals surface area (Å²) in [4.78, 5) is 37.1. The number of anilines is 1. The van der Waals surface area contributed by atoms with Crippen LogP contribution in [0.4, 0.5) is 5.95 Å². The van der Waals surface area contributed by atoms with Gasteiger partial charge in [0.1, 0.15) is 11.7 Å². The van der Waals surface area contributed by atoms with Gasteiger partial charge in [0.2, 0.25) is 11.9 Å². The molecule has 2 atom stereocenters. The molecule has 200 valence electrons. The van der Waals surface area contributed by atoms with Crippen molar-refractivity contribution in [3.8, 4) is 11.3 Å². The summed E-state index contributed by atoms with van der Waals surface area (Å²) >= 11 is 0. The number of benzene rings is 1. The Labute approximate surface area is 222 Å². The van der Waals surface area contributed by atoms with Gasteiger partial charge in [0, 0.05) is 50.3 Å². The molecule has 0 aliphatic carbocycles. The third-order valence-electron chi connectivity index (χ3n) is 7.25. The topological polar surface area (TPSA) is 122 Å². The van der Waals surface area contributed by atoms with Crippen molar-refractivity contribution in [2.75, 3.05) is 31.7 Å². The Morgan fingerprint density at radius 2 is 2.03 bits per heavy atom. The van der Waals surface area contributed by atoms with Gasteiger partial charge in [-0.3, -0.25) is 9.59 Å². The Kier molecular flexibility index (Phi) is 7.71. The van der Waals surface area contributed by atoms with Crippen molar-refractivity contribution >= 4 is 17.8 Å². The number of hydrogen-bond acceptors (Lipinski definition) is 7. The molecule has 1 fully saturated rings. The van der Waals surface area contributed by atoms with Gasteiger partial charge in [-0.05, 0) is 44.4 Å². The van der Waals surface area contributed by atoms with Crippen LogP contribution < -0.4 is 10.6 Å². The maximum absolute atomic E-state index is 13.4. The number of aryl methyl sites for hydroxylation is 1. The number of nitrogens with one attached hydrogen (secondary N) is 2. The summed E-state index contributed by atoms with van der Waals surface area (Å²) in [5, 5.41) is 16.2. The van der Waals surface area contributed by atoms with Gasteiger partial charge in [-0.2, -0.15) is 0 Å². The van der Waals surface area contributed by atoms with E-state index in [1.165, 1.54) is 0 Å². The molecular formula is C28H34N6O4. The Morgan fingerprint density at radius 3 is 2.79 bits per heavy atom. The molecule has 10 heteroatoms. The van der Waals surface area contributed by atoms with Gasteiger partial charge in [-0.25, -0.2) is 9.97 Å². The molecule has 0 radical (unpaired) electrons. The predicted octanol–water partition coefficient (Wildman–Crippen LogP) is 2.54. The molecule has 4 heterocycles. The van der Waals surface area contributed by atoms with E-state index < -0.39 is 12.1 Å². The quantitative estimate of drug-likeness (QED) is 0.419. The van der Waals surface area contributed by atoms with Gasteiger partial charge in [0.25, 0.3) is 5.91 Å². The van der Waals surface area contributed by atoms with Crippen molar-refractivity contribution in [2.45, 2.75) is 51.4 Å². The Bertz CT molecular complexity index is 1300. The second-order valence-electron chi connectivity index (χ2n) is 9.94. The van der Waals surface area contributed by atoms with Crippen LogP contribution in [0.5, 0.6) is 0 Å². The second-order valence-corrected chi connectivity index (χ2v) is 9.94. The summed E-state index contributed by atoms with van der Waals surface area (Å²) in [5.74, 6) is 0.0403. The van der Waals surface area contributed by atoms with E-state index in [1.807, 2.05) is 54.1 Å². The molecule has 2 amide bonds. The fraction of sp³-hybridized carbons (Fsp3) is 0.429. The van der Waals surface area contributed by atoms with Gasteiger partial charge in [-0.1, -0.05) is 29.8 Å². The average Bonchev–Trinajstić information content (AvgIpc) is 3.38. The number of nitrogens with zero attached hydrogens (tertiary/aromatic N) is 4. The van der Waals surface area contributed by atoms with Gasteiger partial charge in [-0.15, -0.1) is 0 Å². The molecule has 3 aromatic rings. The highest BCUT2D eigenvalue weighted by Crippen LogP contribution is 2.26. The molecule has 2 aliphatic rings. The van der Waals surface area contributed by atoms with E-state index in [0.29, 0.717) is 24.7 Å². The largest absolute Gasteiger partial charge is 0.394 e. The number of ether oxygens (including phenoxy) is 1. The summed E-state index contributed by atoms with van der Waals surface area (Å²) in [7, 11) is 0. The minimum atomic E-state index is -0.692. The zero-order valence-electron chi connectivity index (χ0n) is 21.8. The number of carbonyl (C=O) groups excluding carboxylic acids is 2. The number of aromatic nitrogens is 3. The number of aliphatic hydroxyl groups excluding tert-OH is 1. The van der Waals surface area contributed by atoms with E-state index in [2.05, 4.69) is 20.6 Å². The van der Waals surface area contributed by atoms with E-state index in [-0.39, 0.29) is 24.5 Å². The van der Waals surface area contributed by atoms with Crippen LogP contribution in [0, 0.1) is 6.92 Å². The third kappa shape index (κ3) is 5.56. The van der Waals surface area contributed by atoms with Crippen molar-refractivity contribution in [3.05, 3.63) is 65.6 Å². The molecule has 5 rings (SSSR count). The lowest BCUT2D eigenvalue weighted by Gasteiger charge is -2.33. The van der Waals surface area contributed by atoms with E-state index in [9.17, 15) is 14.7 Å². The lowest BCUT2D eigenvalue weighted by Crippen LogP contribution is -2.52. The minimum Gasteiger partial charge on any atom is -0.394 e. The van der Waals surface area contributed by atoms with E-state index in [4.69, 9.17) is 4.74 Å². The van der Waals surface area contributed by atoms with Crippen molar-refractivity contribution in [2.24, 2.45) is 0 Å². The Balaban J connectivity index is 1.28. The first-order chi connectivity index (χ1) is 18.4. The first-order valence-electron chi connectivity index (χ1n) is 13.1. The number of hydrogen-bond donors (Lipinski definition) is 3. The fourth-order valence-electron chi connectivity index (χ4n) is 5.02. The standard InChI is InChI=1S/C28H34N6O4/c1-18-4-3-5-20(14-18)24(17-35)31-26(36)19(2)34-11-10-33-16-21(15-25(33)27(34)37)23-6-9-29-28(32-23)30-22-7-12-38-13-8-22/h3-6,9,14-16,19,22,24,35H,7-8,10-13,17H2,1-2H3,(H,31,36)(H,29,30,32)/t19-,24+/m0/s1. The Morgan fingerprint density at radius 1 is 1.21 bits per heavy atom. The van der Waals surface area contributed by atoms with Crippen LogP contribution in [0.15, 0.2) is 48.8 Å². The summed E-state index contributed by atoms with van der Waals surface area (Å²) in [6.45, 7) is 5.88. The van der Waals surface area contributed by atoms with Crippen LogP contribution in [0.1, 0.15) is 47.4 Å². The molecule has 2 aliphatic heterocycles. The van der Waals surface area contributed by atoms with Crippen LogP contribution in [-0.2, 0) is 16.1 Å². The van der Waals surface area contributed by atoms with Crippen LogP contribution >= 0.6 is 0 Å². The highest BCUT2D eigenvalue weighted by Gasteiger charge is 2.33.